The smallest absolute Gasteiger partial charge is 0.146 e. The highest BCUT2D eigenvalue weighted by Crippen LogP contribution is 2.29. The monoisotopic (exact) mass is 257 g/mol. The number of anilines is 1. The quantitative estimate of drug-likeness (QED) is 0.908. The van der Waals surface area contributed by atoms with E-state index < -0.39 is 0 Å². The topological polar surface area (TPSA) is 21.3 Å². The number of nitrogens with one attached hydrogen (secondary N) is 1. The van der Waals surface area contributed by atoms with Gasteiger partial charge in [0.25, 0.3) is 0 Å². The Kier molecular flexibility index (Phi) is 3.11. The molecule has 0 fully saturated rings. The van der Waals surface area contributed by atoms with Crippen molar-refractivity contribution in [3.05, 3.63) is 59.4 Å². The van der Waals surface area contributed by atoms with Gasteiger partial charge in [0.1, 0.15) is 17.7 Å². The van der Waals surface area contributed by atoms with Crippen molar-refractivity contribution in [1.82, 2.24) is 0 Å². The fourth-order valence-corrected chi connectivity index (χ4v) is 2.39. The highest BCUT2D eigenvalue weighted by Gasteiger charge is 2.22. The van der Waals surface area contributed by atoms with Gasteiger partial charge in [-0.15, -0.1) is 0 Å². The first-order valence-corrected chi connectivity index (χ1v) is 6.47. The zero-order valence-electron chi connectivity index (χ0n) is 10.8. The number of ether oxygens (including phenoxy) is 1. The number of fused-ring (bicyclic) bond motifs is 1. The minimum atomic E-state index is -0.228. The van der Waals surface area contributed by atoms with Crippen molar-refractivity contribution in [2.45, 2.75) is 19.4 Å². The fraction of sp³-hybridized carbons (Fsp3) is 0.250. The van der Waals surface area contributed by atoms with Crippen molar-refractivity contribution >= 4 is 5.69 Å². The number of hydrogen-bond donors (Lipinski definition) is 1. The predicted molar refractivity (Wildman–Crippen MR) is 74.2 cm³/mol. The summed E-state index contributed by atoms with van der Waals surface area (Å²) in [6.45, 7) is 2.68. The summed E-state index contributed by atoms with van der Waals surface area (Å²) < 4.78 is 19.3. The first-order valence-electron chi connectivity index (χ1n) is 6.47. The van der Waals surface area contributed by atoms with Crippen LogP contribution in [0.25, 0.3) is 0 Å². The van der Waals surface area contributed by atoms with Crippen LogP contribution < -0.4 is 10.1 Å². The molecule has 19 heavy (non-hydrogen) atoms. The molecule has 3 heteroatoms. The lowest BCUT2D eigenvalue weighted by molar-refractivity contribution is 0.246. The lowest BCUT2D eigenvalue weighted by Crippen LogP contribution is -2.24. The molecule has 2 nitrogen and oxygen atoms in total. The van der Waals surface area contributed by atoms with Crippen LogP contribution in [0.5, 0.6) is 5.75 Å². The van der Waals surface area contributed by atoms with Gasteiger partial charge in [-0.2, -0.15) is 0 Å². The van der Waals surface area contributed by atoms with Crippen LogP contribution in [0.1, 0.15) is 11.1 Å². The first kappa shape index (κ1) is 12.0. The molecule has 0 radical (unpaired) electrons. The maximum atomic E-state index is 13.5. The molecule has 1 N–H and O–H groups in total. The normalized spacial score (nSPS) is 16.8. The van der Waals surface area contributed by atoms with Gasteiger partial charge in [-0.1, -0.05) is 29.8 Å². The van der Waals surface area contributed by atoms with Crippen LogP contribution in [0.15, 0.2) is 42.5 Å². The standard InChI is InChI=1S/C16H16FNO/c1-11-6-7-16-12(8-11)9-13(19-16)10-18-15-5-3-2-4-14(15)17/h2-8,13,18H,9-10H2,1H3. The molecule has 0 spiro atoms. The number of aryl methyl sites for hydroxylation is 1. The zero-order valence-corrected chi connectivity index (χ0v) is 10.8. The maximum Gasteiger partial charge on any atom is 0.146 e. The van der Waals surface area contributed by atoms with E-state index in [2.05, 4.69) is 18.3 Å². The summed E-state index contributed by atoms with van der Waals surface area (Å²) in [6.07, 6.45) is 0.940. The van der Waals surface area contributed by atoms with Crippen LogP contribution >= 0.6 is 0 Å². The Bertz CT molecular complexity index is 597. The number of benzene rings is 2. The van der Waals surface area contributed by atoms with Crippen molar-refractivity contribution in [2.24, 2.45) is 0 Å². The number of para-hydroxylation sites is 1. The van der Waals surface area contributed by atoms with Crippen LogP contribution in [0, 0.1) is 12.7 Å². The molecular formula is C16H16FNO. The van der Waals surface area contributed by atoms with Crippen LogP contribution in [-0.2, 0) is 6.42 Å². The van der Waals surface area contributed by atoms with E-state index in [1.165, 1.54) is 17.2 Å². The van der Waals surface area contributed by atoms with E-state index in [-0.39, 0.29) is 11.9 Å². The van der Waals surface area contributed by atoms with Gasteiger partial charge in [0, 0.05) is 6.42 Å². The summed E-state index contributed by atoms with van der Waals surface area (Å²) in [5.74, 6) is 0.722. The summed E-state index contributed by atoms with van der Waals surface area (Å²) in [7, 11) is 0. The molecule has 1 aliphatic rings. The van der Waals surface area contributed by atoms with Crippen LogP contribution in [0.4, 0.5) is 10.1 Å². The summed E-state index contributed by atoms with van der Waals surface area (Å²) in [6, 6.07) is 12.9. The average molecular weight is 257 g/mol. The van der Waals surface area contributed by atoms with Crippen LogP contribution in [0.3, 0.4) is 0 Å². The highest BCUT2D eigenvalue weighted by atomic mass is 19.1. The largest absolute Gasteiger partial charge is 0.488 e. The second-order valence-corrected chi connectivity index (χ2v) is 4.92. The molecule has 98 valence electrons. The molecular weight excluding hydrogens is 241 g/mol. The van der Waals surface area contributed by atoms with Crippen molar-refractivity contribution < 1.29 is 9.13 Å². The second-order valence-electron chi connectivity index (χ2n) is 4.92. The van der Waals surface area contributed by atoms with Gasteiger partial charge < -0.3 is 10.1 Å². The maximum absolute atomic E-state index is 13.5. The first-order chi connectivity index (χ1) is 9.22. The van der Waals surface area contributed by atoms with E-state index in [9.17, 15) is 4.39 Å². The van der Waals surface area contributed by atoms with Crippen molar-refractivity contribution in [2.75, 3.05) is 11.9 Å². The lowest BCUT2D eigenvalue weighted by Gasteiger charge is -2.13. The molecule has 2 aromatic rings. The summed E-state index contributed by atoms with van der Waals surface area (Å²) in [5.41, 5.74) is 3.00. The van der Waals surface area contributed by atoms with Gasteiger partial charge >= 0.3 is 0 Å². The van der Waals surface area contributed by atoms with Gasteiger partial charge in [-0.25, -0.2) is 4.39 Å². The highest BCUT2D eigenvalue weighted by molar-refractivity contribution is 5.45. The summed E-state index contributed by atoms with van der Waals surface area (Å²) in [4.78, 5) is 0. The molecule has 1 heterocycles. The Hall–Kier alpha value is -2.03. The SMILES string of the molecule is Cc1ccc2c(c1)CC(CNc1ccccc1F)O2. The van der Waals surface area contributed by atoms with Gasteiger partial charge in [0.05, 0.1) is 12.2 Å². The Labute approximate surface area is 112 Å². The number of halogens is 1. The van der Waals surface area contributed by atoms with Crippen LogP contribution in [-0.4, -0.2) is 12.6 Å². The molecule has 0 amide bonds. The van der Waals surface area contributed by atoms with Crippen LogP contribution in [0.2, 0.25) is 0 Å². The molecule has 1 aliphatic heterocycles. The zero-order chi connectivity index (χ0) is 13.2. The molecule has 1 unspecified atom stereocenters. The molecule has 3 rings (SSSR count). The van der Waals surface area contributed by atoms with Gasteiger partial charge in [0.15, 0.2) is 0 Å². The van der Waals surface area contributed by atoms with E-state index in [1.54, 1.807) is 12.1 Å². The molecule has 1 atom stereocenters. The van der Waals surface area contributed by atoms with Gasteiger partial charge in [-0.05, 0) is 30.7 Å². The van der Waals surface area contributed by atoms with E-state index in [1.807, 2.05) is 18.2 Å². The molecule has 0 saturated heterocycles. The Morgan fingerprint density at radius 3 is 2.95 bits per heavy atom. The minimum absolute atomic E-state index is 0.0661. The Morgan fingerprint density at radius 2 is 2.11 bits per heavy atom. The predicted octanol–water partition coefficient (Wildman–Crippen LogP) is 3.55. The minimum Gasteiger partial charge on any atom is -0.488 e. The van der Waals surface area contributed by atoms with Gasteiger partial charge in [0.2, 0.25) is 0 Å². The number of rotatable bonds is 3. The summed E-state index contributed by atoms with van der Waals surface area (Å²) >= 11 is 0. The van der Waals surface area contributed by atoms with E-state index in [0.29, 0.717) is 12.2 Å². The molecule has 0 bridgehead atoms. The molecule has 0 aliphatic carbocycles. The Balaban J connectivity index is 1.63. The summed E-state index contributed by atoms with van der Waals surface area (Å²) in [5, 5.41) is 3.10. The molecule has 0 saturated carbocycles. The second kappa shape index (κ2) is 4.92. The third-order valence-electron chi connectivity index (χ3n) is 3.35. The molecule has 0 aromatic heterocycles. The van der Waals surface area contributed by atoms with Crippen molar-refractivity contribution in [3.8, 4) is 5.75 Å². The molecule has 2 aromatic carbocycles. The van der Waals surface area contributed by atoms with E-state index in [0.717, 1.165) is 12.2 Å². The lowest BCUT2D eigenvalue weighted by atomic mass is 10.1. The van der Waals surface area contributed by atoms with Crippen molar-refractivity contribution in [1.29, 1.82) is 0 Å². The number of hydrogen-bond acceptors (Lipinski definition) is 2. The van der Waals surface area contributed by atoms with Gasteiger partial charge in [-0.3, -0.25) is 0 Å². The fourth-order valence-electron chi connectivity index (χ4n) is 2.39. The van der Waals surface area contributed by atoms with Crippen molar-refractivity contribution in [3.63, 3.8) is 0 Å². The van der Waals surface area contributed by atoms with E-state index in [4.69, 9.17) is 4.74 Å². The third-order valence-corrected chi connectivity index (χ3v) is 3.35. The van der Waals surface area contributed by atoms with E-state index >= 15 is 0 Å². The Morgan fingerprint density at radius 1 is 1.26 bits per heavy atom. The average Bonchev–Trinajstić information content (AvgIpc) is 2.79. The third kappa shape index (κ3) is 2.55.